The summed E-state index contributed by atoms with van der Waals surface area (Å²) in [5.74, 6) is 1.79. The fourth-order valence-corrected chi connectivity index (χ4v) is 3.92. The predicted molar refractivity (Wildman–Crippen MR) is 97.1 cm³/mol. The van der Waals surface area contributed by atoms with Gasteiger partial charge in [-0.1, -0.05) is 30.3 Å². The Kier molecular flexibility index (Phi) is 3.61. The molecule has 0 aromatic heterocycles. The van der Waals surface area contributed by atoms with Crippen molar-refractivity contribution in [2.24, 2.45) is 0 Å². The largest absolute Gasteiger partial charge is 0.497 e. The number of methoxy groups -OCH3 is 1. The average molecular weight is 340 g/mol. The van der Waals surface area contributed by atoms with Gasteiger partial charge in [0, 0.05) is 18.5 Å². The minimum Gasteiger partial charge on any atom is -0.497 e. The lowest BCUT2D eigenvalue weighted by Crippen LogP contribution is -2.64. The quantitative estimate of drug-likeness (QED) is 0.863. The molecule has 0 aliphatic carbocycles. The van der Waals surface area contributed by atoms with Gasteiger partial charge in [-0.25, -0.2) is 0 Å². The molecule has 2 heterocycles. The van der Waals surface area contributed by atoms with E-state index in [1.165, 1.54) is 11.1 Å². The summed E-state index contributed by atoms with van der Waals surface area (Å²) in [5, 5.41) is 4.21. The lowest BCUT2D eigenvalue weighted by Gasteiger charge is -2.52. The van der Waals surface area contributed by atoms with Gasteiger partial charge in [0.25, 0.3) is 0 Å². The summed E-state index contributed by atoms with van der Waals surface area (Å²) in [6, 6.07) is 16.5. The van der Waals surface area contributed by atoms with Crippen LogP contribution in [0, 0.1) is 0 Å². The van der Waals surface area contributed by atoms with Gasteiger partial charge in [-0.2, -0.15) is 0 Å². The first-order valence-corrected chi connectivity index (χ1v) is 8.49. The van der Waals surface area contributed by atoms with Crippen LogP contribution in [0.4, 0.5) is 0 Å². The van der Waals surface area contributed by atoms with Gasteiger partial charge in [0.2, 0.25) is 0 Å². The number of rotatable bonds is 3. The summed E-state index contributed by atoms with van der Waals surface area (Å²) >= 11 is 5.64. The standard InChI is InChI=1S/C19H20N2O2S/c1-19-11-16(15-5-3-4-6-17(15)23-19)20-18(24)21(19)12-13-7-9-14(22-2)10-8-13/h3-10,16H,11-12H2,1-2H3,(H,20,24)/t16-,19-/m1/s1. The Hall–Kier alpha value is -2.27. The molecule has 2 aliphatic rings. The van der Waals surface area contributed by atoms with Crippen molar-refractivity contribution in [2.75, 3.05) is 7.11 Å². The summed E-state index contributed by atoms with van der Waals surface area (Å²) in [5.41, 5.74) is 1.91. The van der Waals surface area contributed by atoms with Crippen molar-refractivity contribution in [3.05, 3.63) is 59.7 Å². The SMILES string of the molecule is COc1ccc(CN2C(=S)N[C@@H]3C[C@@]2(C)Oc2ccccc23)cc1. The molecule has 0 saturated carbocycles. The molecule has 2 aromatic carbocycles. The third-order valence-corrected chi connectivity index (χ3v) is 5.16. The maximum atomic E-state index is 6.36. The highest BCUT2D eigenvalue weighted by atomic mass is 32.1. The molecule has 24 heavy (non-hydrogen) atoms. The van der Waals surface area contributed by atoms with Crippen molar-refractivity contribution >= 4 is 17.3 Å². The molecule has 1 saturated heterocycles. The molecule has 2 bridgehead atoms. The zero-order valence-corrected chi connectivity index (χ0v) is 14.6. The molecule has 4 rings (SSSR count). The topological polar surface area (TPSA) is 33.7 Å². The summed E-state index contributed by atoms with van der Waals surface area (Å²) in [4.78, 5) is 2.14. The first-order chi connectivity index (χ1) is 11.6. The predicted octanol–water partition coefficient (Wildman–Crippen LogP) is 3.63. The maximum absolute atomic E-state index is 6.36. The Balaban J connectivity index is 1.63. The lowest BCUT2D eigenvalue weighted by molar-refractivity contribution is -0.0722. The highest BCUT2D eigenvalue weighted by Crippen LogP contribution is 2.44. The van der Waals surface area contributed by atoms with Crippen LogP contribution in [-0.4, -0.2) is 22.8 Å². The molecule has 0 radical (unpaired) electrons. The molecule has 2 aliphatic heterocycles. The zero-order chi connectivity index (χ0) is 16.7. The van der Waals surface area contributed by atoms with Crippen molar-refractivity contribution in [3.8, 4) is 11.5 Å². The fourth-order valence-electron chi connectivity index (χ4n) is 3.52. The Morgan fingerprint density at radius 3 is 2.75 bits per heavy atom. The van der Waals surface area contributed by atoms with Crippen LogP contribution in [0.25, 0.3) is 0 Å². The van der Waals surface area contributed by atoms with E-state index >= 15 is 0 Å². The number of hydrogen-bond acceptors (Lipinski definition) is 3. The monoisotopic (exact) mass is 340 g/mol. The number of ether oxygens (including phenoxy) is 2. The van der Waals surface area contributed by atoms with E-state index in [-0.39, 0.29) is 6.04 Å². The number of benzene rings is 2. The first-order valence-electron chi connectivity index (χ1n) is 8.08. The Morgan fingerprint density at radius 1 is 1.25 bits per heavy atom. The first kappa shape index (κ1) is 15.3. The lowest BCUT2D eigenvalue weighted by atomic mass is 9.90. The molecule has 1 fully saturated rings. The molecule has 4 nitrogen and oxygen atoms in total. The molecule has 1 N–H and O–H groups in total. The van der Waals surface area contributed by atoms with Gasteiger partial charge in [0.1, 0.15) is 11.5 Å². The molecule has 124 valence electrons. The molecular weight excluding hydrogens is 320 g/mol. The second-order valence-corrected chi connectivity index (χ2v) is 6.84. The summed E-state index contributed by atoms with van der Waals surface area (Å²) in [6.45, 7) is 2.81. The maximum Gasteiger partial charge on any atom is 0.184 e. The van der Waals surface area contributed by atoms with Gasteiger partial charge in [0.15, 0.2) is 10.8 Å². The summed E-state index contributed by atoms with van der Waals surface area (Å²) < 4.78 is 11.6. The molecular formula is C19H20N2O2S. The zero-order valence-electron chi connectivity index (χ0n) is 13.8. The Bertz CT molecular complexity index is 777. The van der Waals surface area contributed by atoms with Crippen molar-refractivity contribution < 1.29 is 9.47 Å². The highest BCUT2D eigenvalue weighted by molar-refractivity contribution is 7.80. The van der Waals surface area contributed by atoms with Crippen LogP contribution in [-0.2, 0) is 6.54 Å². The van der Waals surface area contributed by atoms with Crippen molar-refractivity contribution in [1.29, 1.82) is 0 Å². The third-order valence-electron chi connectivity index (χ3n) is 4.82. The second-order valence-electron chi connectivity index (χ2n) is 6.46. The second kappa shape index (κ2) is 5.67. The van der Waals surface area contributed by atoms with Gasteiger partial charge in [-0.05, 0) is 42.9 Å². The van der Waals surface area contributed by atoms with Gasteiger partial charge in [-0.3, -0.25) is 0 Å². The number of para-hydroxylation sites is 1. The van der Waals surface area contributed by atoms with E-state index in [0.717, 1.165) is 23.0 Å². The van der Waals surface area contributed by atoms with Gasteiger partial charge in [-0.15, -0.1) is 0 Å². The number of nitrogens with zero attached hydrogens (tertiary/aromatic N) is 1. The number of nitrogens with one attached hydrogen (secondary N) is 1. The average Bonchev–Trinajstić information content (AvgIpc) is 2.59. The van der Waals surface area contributed by atoms with Crippen LogP contribution < -0.4 is 14.8 Å². The van der Waals surface area contributed by atoms with Crippen LogP contribution in [0.3, 0.4) is 0 Å². The highest BCUT2D eigenvalue weighted by Gasteiger charge is 2.47. The van der Waals surface area contributed by atoms with E-state index < -0.39 is 5.72 Å². The Labute approximate surface area is 147 Å². The normalized spacial score (nSPS) is 24.7. The molecule has 2 atom stereocenters. The van der Waals surface area contributed by atoms with Crippen molar-refractivity contribution in [2.45, 2.75) is 31.7 Å². The van der Waals surface area contributed by atoms with E-state index in [1.54, 1.807) is 7.11 Å². The Morgan fingerprint density at radius 2 is 2.00 bits per heavy atom. The minimum atomic E-state index is -0.443. The van der Waals surface area contributed by atoms with E-state index in [2.05, 4.69) is 35.3 Å². The van der Waals surface area contributed by atoms with Crippen LogP contribution in [0.15, 0.2) is 48.5 Å². The van der Waals surface area contributed by atoms with E-state index in [1.807, 2.05) is 30.3 Å². The van der Waals surface area contributed by atoms with E-state index in [0.29, 0.717) is 6.54 Å². The van der Waals surface area contributed by atoms with Crippen molar-refractivity contribution in [3.63, 3.8) is 0 Å². The van der Waals surface area contributed by atoms with Crippen LogP contribution >= 0.6 is 12.2 Å². The number of fused-ring (bicyclic) bond motifs is 4. The van der Waals surface area contributed by atoms with Crippen LogP contribution in [0.5, 0.6) is 11.5 Å². The number of hydrogen-bond donors (Lipinski definition) is 1. The van der Waals surface area contributed by atoms with Gasteiger partial charge < -0.3 is 19.7 Å². The minimum absolute atomic E-state index is 0.208. The molecule has 0 amide bonds. The van der Waals surface area contributed by atoms with Crippen LogP contribution in [0.2, 0.25) is 0 Å². The van der Waals surface area contributed by atoms with Gasteiger partial charge >= 0.3 is 0 Å². The van der Waals surface area contributed by atoms with E-state index in [9.17, 15) is 0 Å². The van der Waals surface area contributed by atoms with Crippen LogP contribution in [0.1, 0.15) is 30.5 Å². The smallest absolute Gasteiger partial charge is 0.184 e. The third kappa shape index (κ3) is 2.49. The van der Waals surface area contributed by atoms with Gasteiger partial charge in [0.05, 0.1) is 13.2 Å². The molecule has 0 unspecified atom stereocenters. The molecule has 2 aromatic rings. The van der Waals surface area contributed by atoms with E-state index in [4.69, 9.17) is 21.7 Å². The summed E-state index contributed by atoms with van der Waals surface area (Å²) in [7, 11) is 1.67. The fraction of sp³-hybridized carbons (Fsp3) is 0.316. The number of thiocarbonyl (C=S) groups is 1. The molecule has 0 spiro atoms. The molecule has 5 heteroatoms. The van der Waals surface area contributed by atoms with Crippen molar-refractivity contribution in [1.82, 2.24) is 10.2 Å². The summed E-state index contributed by atoms with van der Waals surface area (Å²) in [6.07, 6.45) is 0.861.